The molecule has 2 aliphatic carbocycles. The fraction of sp³-hybridized carbons (Fsp3) is 0.750. The van der Waals surface area contributed by atoms with Gasteiger partial charge in [0.25, 0.3) is 0 Å². The van der Waals surface area contributed by atoms with Crippen LogP contribution in [0.15, 0.2) is 24.3 Å². The molecule has 0 saturated heterocycles. The van der Waals surface area contributed by atoms with E-state index in [2.05, 4.69) is 27.0 Å². The van der Waals surface area contributed by atoms with Gasteiger partial charge in [0.05, 0.1) is 0 Å². The van der Waals surface area contributed by atoms with Crippen LogP contribution in [-0.4, -0.2) is 0 Å². The Kier molecular flexibility index (Phi) is 3.56. The molecule has 4 unspecified atom stereocenters. The van der Waals surface area contributed by atoms with Gasteiger partial charge < -0.3 is 0 Å². The van der Waals surface area contributed by atoms with E-state index in [1.807, 2.05) is 0 Å². The molecule has 0 aliphatic heterocycles. The van der Waals surface area contributed by atoms with Crippen molar-refractivity contribution < 1.29 is 0 Å². The van der Waals surface area contributed by atoms with Gasteiger partial charge in [0, 0.05) is 0 Å². The fourth-order valence-corrected chi connectivity index (χ4v) is 3.59. The van der Waals surface area contributed by atoms with Gasteiger partial charge in [0.1, 0.15) is 0 Å². The van der Waals surface area contributed by atoms with Crippen LogP contribution in [0.4, 0.5) is 0 Å². The topological polar surface area (TPSA) is 0 Å². The Morgan fingerprint density at radius 3 is 2.25 bits per heavy atom. The Labute approximate surface area is 101 Å². The molecule has 0 N–H and O–H groups in total. The van der Waals surface area contributed by atoms with Gasteiger partial charge >= 0.3 is 0 Å². The summed E-state index contributed by atoms with van der Waals surface area (Å²) >= 11 is 0. The van der Waals surface area contributed by atoms with Crippen LogP contribution in [-0.2, 0) is 0 Å². The predicted molar refractivity (Wildman–Crippen MR) is 71.3 cm³/mol. The lowest BCUT2D eigenvalue weighted by atomic mass is 9.65. The molecule has 90 valence electrons. The molecule has 2 fully saturated rings. The van der Waals surface area contributed by atoms with Gasteiger partial charge in [-0.3, -0.25) is 0 Å². The summed E-state index contributed by atoms with van der Waals surface area (Å²) in [7, 11) is 0. The monoisotopic (exact) mass is 218 g/mol. The van der Waals surface area contributed by atoms with Gasteiger partial charge in [-0.05, 0) is 42.9 Å². The largest absolute Gasteiger partial charge is 0.0956 e. The highest BCUT2D eigenvalue weighted by Gasteiger charge is 2.33. The number of rotatable bonds is 0. The van der Waals surface area contributed by atoms with Crippen molar-refractivity contribution in [1.82, 2.24) is 0 Å². The summed E-state index contributed by atoms with van der Waals surface area (Å²) in [6.07, 6.45) is 8.13. The van der Waals surface area contributed by atoms with Crippen molar-refractivity contribution in [2.24, 2.45) is 23.7 Å². The first-order valence-corrected chi connectivity index (χ1v) is 6.94. The average molecular weight is 218 g/mol. The SMILES string of the molecule is C=C1CC2CCC(C)CCC(C)C2CC1=C. The van der Waals surface area contributed by atoms with E-state index < -0.39 is 0 Å². The van der Waals surface area contributed by atoms with Crippen LogP contribution in [0.25, 0.3) is 0 Å². The summed E-state index contributed by atoms with van der Waals surface area (Å²) in [5, 5.41) is 0. The Bertz CT molecular complexity index is 286. The Morgan fingerprint density at radius 2 is 1.50 bits per heavy atom. The van der Waals surface area contributed by atoms with E-state index in [4.69, 9.17) is 0 Å². The highest BCUT2D eigenvalue weighted by Crippen LogP contribution is 2.45. The molecule has 0 aromatic carbocycles. The molecule has 16 heavy (non-hydrogen) atoms. The normalized spacial score (nSPS) is 41.1. The third kappa shape index (κ3) is 2.42. The first-order valence-electron chi connectivity index (χ1n) is 6.94. The molecule has 2 rings (SSSR count). The Morgan fingerprint density at radius 1 is 0.875 bits per heavy atom. The first kappa shape index (κ1) is 12.0. The molecule has 2 saturated carbocycles. The molecular formula is C16H26. The lowest BCUT2D eigenvalue weighted by Crippen LogP contribution is -2.29. The van der Waals surface area contributed by atoms with Crippen molar-refractivity contribution in [1.29, 1.82) is 0 Å². The maximum absolute atomic E-state index is 4.19. The molecular weight excluding hydrogens is 192 g/mol. The fourth-order valence-electron chi connectivity index (χ4n) is 3.59. The van der Waals surface area contributed by atoms with Gasteiger partial charge in [-0.1, -0.05) is 57.4 Å². The van der Waals surface area contributed by atoms with Gasteiger partial charge in [-0.15, -0.1) is 0 Å². The Balaban J connectivity index is 2.10. The molecule has 0 heterocycles. The van der Waals surface area contributed by atoms with E-state index >= 15 is 0 Å². The van der Waals surface area contributed by atoms with Crippen molar-refractivity contribution in [2.75, 3.05) is 0 Å². The zero-order valence-corrected chi connectivity index (χ0v) is 11.0. The minimum Gasteiger partial charge on any atom is -0.0956 e. The van der Waals surface area contributed by atoms with E-state index in [0.29, 0.717) is 0 Å². The van der Waals surface area contributed by atoms with Crippen molar-refractivity contribution >= 4 is 0 Å². The smallest absolute Gasteiger partial charge is 0.0248 e. The second-order valence-electron chi connectivity index (χ2n) is 6.28. The van der Waals surface area contributed by atoms with Crippen molar-refractivity contribution in [2.45, 2.75) is 52.4 Å². The lowest BCUT2D eigenvalue weighted by Gasteiger charge is -2.40. The van der Waals surface area contributed by atoms with Crippen molar-refractivity contribution in [3.05, 3.63) is 24.3 Å². The molecule has 0 aromatic rings. The van der Waals surface area contributed by atoms with Crippen molar-refractivity contribution in [3.63, 3.8) is 0 Å². The Hall–Kier alpha value is -0.520. The first-order chi connectivity index (χ1) is 7.58. The molecule has 0 bridgehead atoms. The van der Waals surface area contributed by atoms with Gasteiger partial charge in [-0.2, -0.15) is 0 Å². The molecule has 0 nitrogen and oxygen atoms in total. The van der Waals surface area contributed by atoms with E-state index in [1.165, 1.54) is 49.7 Å². The second kappa shape index (κ2) is 4.77. The highest BCUT2D eigenvalue weighted by atomic mass is 14.4. The van der Waals surface area contributed by atoms with Crippen LogP contribution in [0.3, 0.4) is 0 Å². The standard InChI is InChI=1S/C16H26/c1-11-5-7-12(2)16-10-14(4)13(3)9-15(16)8-6-11/h11-12,15-16H,3-10H2,1-2H3. The van der Waals surface area contributed by atoms with Gasteiger partial charge in [0.2, 0.25) is 0 Å². The van der Waals surface area contributed by atoms with Crippen LogP contribution in [0.1, 0.15) is 52.4 Å². The molecule has 0 spiro atoms. The molecule has 2 aliphatic rings. The van der Waals surface area contributed by atoms with Crippen molar-refractivity contribution in [3.8, 4) is 0 Å². The van der Waals surface area contributed by atoms with E-state index in [0.717, 1.165) is 23.7 Å². The average Bonchev–Trinajstić information content (AvgIpc) is 2.25. The van der Waals surface area contributed by atoms with Gasteiger partial charge in [0.15, 0.2) is 0 Å². The molecule has 0 amide bonds. The van der Waals surface area contributed by atoms with Crippen LogP contribution in [0.5, 0.6) is 0 Å². The summed E-state index contributed by atoms with van der Waals surface area (Å²) in [6, 6.07) is 0. The molecule has 0 aromatic heterocycles. The predicted octanol–water partition coefficient (Wildman–Crippen LogP) is 4.97. The maximum atomic E-state index is 4.19. The summed E-state index contributed by atoms with van der Waals surface area (Å²) in [5.74, 6) is 3.61. The number of allylic oxidation sites excluding steroid dienone is 2. The lowest BCUT2D eigenvalue weighted by molar-refractivity contribution is 0.162. The number of hydrogen-bond donors (Lipinski definition) is 0. The maximum Gasteiger partial charge on any atom is -0.0248 e. The van der Waals surface area contributed by atoms with Crippen LogP contribution in [0, 0.1) is 23.7 Å². The third-order valence-corrected chi connectivity index (χ3v) is 4.97. The van der Waals surface area contributed by atoms with E-state index in [1.54, 1.807) is 0 Å². The molecule has 0 radical (unpaired) electrons. The minimum atomic E-state index is 0.887. The van der Waals surface area contributed by atoms with E-state index in [-0.39, 0.29) is 0 Å². The number of fused-ring (bicyclic) bond motifs is 1. The van der Waals surface area contributed by atoms with Gasteiger partial charge in [-0.25, -0.2) is 0 Å². The summed E-state index contributed by atoms with van der Waals surface area (Å²) in [5.41, 5.74) is 2.67. The highest BCUT2D eigenvalue weighted by molar-refractivity contribution is 5.29. The summed E-state index contributed by atoms with van der Waals surface area (Å²) < 4.78 is 0. The summed E-state index contributed by atoms with van der Waals surface area (Å²) in [4.78, 5) is 0. The molecule has 4 atom stereocenters. The van der Waals surface area contributed by atoms with Crippen LogP contribution < -0.4 is 0 Å². The zero-order chi connectivity index (χ0) is 11.7. The van der Waals surface area contributed by atoms with Crippen LogP contribution in [0.2, 0.25) is 0 Å². The van der Waals surface area contributed by atoms with Crippen LogP contribution >= 0.6 is 0 Å². The zero-order valence-electron chi connectivity index (χ0n) is 11.0. The molecule has 0 heteroatoms. The number of hydrogen-bond acceptors (Lipinski definition) is 0. The quantitative estimate of drug-likeness (QED) is 0.538. The van der Waals surface area contributed by atoms with E-state index in [9.17, 15) is 0 Å². The third-order valence-electron chi connectivity index (χ3n) is 4.97. The second-order valence-corrected chi connectivity index (χ2v) is 6.28. The minimum absolute atomic E-state index is 0.887. The summed E-state index contributed by atoms with van der Waals surface area (Å²) in [6.45, 7) is 13.3.